The van der Waals surface area contributed by atoms with Gasteiger partial charge in [-0.25, -0.2) is 0 Å². The molecule has 2 heteroatoms. The van der Waals surface area contributed by atoms with Crippen LogP contribution in [0.2, 0.25) is 0 Å². The summed E-state index contributed by atoms with van der Waals surface area (Å²) in [4.78, 5) is 11.9. The first-order valence-electron chi connectivity index (χ1n) is 6.33. The fourth-order valence-corrected chi connectivity index (χ4v) is 1.82. The van der Waals surface area contributed by atoms with E-state index in [4.69, 9.17) is 4.74 Å². The van der Waals surface area contributed by atoms with Crippen molar-refractivity contribution in [2.75, 3.05) is 13.2 Å². The van der Waals surface area contributed by atoms with Gasteiger partial charge in [0, 0.05) is 12.2 Å². The standard InChI is InChI=1S/C15H22O2/c1-4-5-6-9-17-11-15(16)14-8-7-12(2)10-13(14)3/h7-8,10H,4-6,9,11H2,1-3H3. The van der Waals surface area contributed by atoms with Gasteiger partial charge in [0.1, 0.15) is 6.61 Å². The molecule has 0 unspecified atom stereocenters. The van der Waals surface area contributed by atoms with E-state index in [1.807, 2.05) is 32.0 Å². The first-order valence-corrected chi connectivity index (χ1v) is 6.33. The highest BCUT2D eigenvalue weighted by molar-refractivity contribution is 5.98. The molecule has 94 valence electrons. The second-order valence-corrected chi connectivity index (χ2v) is 4.50. The van der Waals surface area contributed by atoms with Gasteiger partial charge in [0.15, 0.2) is 5.78 Å². The first-order chi connectivity index (χ1) is 8.15. The van der Waals surface area contributed by atoms with E-state index in [1.54, 1.807) is 0 Å². The molecule has 0 bridgehead atoms. The zero-order chi connectivity index (χ0) is 12.7. The van der Waals surface area contributed by atoms with Gasteiger partial charge >= 0.3 is 0 Å². The summed E-state index contributed by atoms with van der Waals surface area (Å²) in [5.41, 5.74) is 3.00. The van der Waals surface area contributed by atoms with Crippen molar-refractivity contribution in [1.82, 2.24) is 0 Å². The topological polar surface area (TPSA) is 26.3 Å². The van der Waals surface area contributed by atoms with Crippen molar-refractivity contribution in [3.63, 3.8) is 0 Å². The summed E-state index contributed by atoms with van der Waals surface area (Å²) in [5, 5.41) is 0. The highest BCUT2D eigenvalue weighted by Crippen LogP contribution is 2.11. The van der Waals surface area contributed by atoms with Gasteiger partial charge in [-0.15, -0.1) is 0 Å². The molecular weight excluding hydrogens is 212 g/mol. The van der Waals surface area contributed by atoms with Crippen LogP contribution >= 0.6 is 0 Å². The lowest BCUT2D eigenvalue weighted by molar-refractivity contribution is 0.0752. The number of Topliss-reactive ketones (excluding diaryl/α,β-unsaturated/α-hetero) is 1. The Kier molecular flexibility index (Phi) is 5.92. The highest BCUT2D eigenvalue weighted by atomic mass is 16.5. The molecule has 17 heavy (non-hydrogen) atoms. The van der Waals surface area contributed by atoms with E-state index >= 15 is 0 Å². The van der Waals surface area contributed by atoms with E-state index in [9.17, 15) is 4.79 Å². The third-order valence-corrected chi connectivity index (χ3v) is 2.81. The van der Waals surface area contributed by atoms with Crippen LogP contribution < -0.4 is 0 Å². The molecule has 0 amide bonds. The normalized spacial score (nSPS) is 10.5. The van der Waals surface area contributed by atoms with Gasteiger partial charge in [0.05, 0.1) is 0 Å². The molecule has 1 aromatic rings. The van der Waals surface area contributed by atoms with Crippen LogP contribution in [0.1, 0.15) is 47.7 Å². The lowest BCUT2D eigenvalue weighted by Gasteiger charge is -2.06. The fourth-order valence-electron chi connectivity index (χ4n) is 1.82. The Balaban J connectivity index is 2.42. The molecule has 1 rings (SSSR count). The molecule has 0 heterocycles. The van der Waals surface area contributed by atoms with E-state index in [2.05, 4.69) is 6.92 Å². The summed E-state index contributed by atoms with van der Waals surface area (Å²) < 4.78 is 5.39. The minimum Gasteiger partial charge on any atom is -0.373 e. The van der Waals surface area contributed by atoms with E-state index in [0.29, 0.717) is 6.61 Å². The Labute approximate surface area is 104 Å². The minimum absolute atomic E-state index is 0.0824. The predicted molar refractivity (Wildman–Crippen MR) is 70.6 cm³/mol. The van der Waals surface area contributed by atoms with E-state index in [-0.39, 0.29) is 12.4 Å². The first kappa shape index (κ1) is 13.9. The number of unbranched alkanes of at least 4 members (excludes halogenated alkanes) is 2. The molecule has 0 saturated carbocycles. The fraction of sp³-hybridized carbons (Fsp3) is 0.533. The molecule has 1 aromatic carbocycles. The van der Waals surface area contributed by atoms with Crippen molar-refractivity contribution in [1.29, 1.82) is 0 Å². The van der Waals surface area contributed by atoms with Gasteiger partial charge in [-0.1, -0.05) is 43.5 Å². The number of rotatable bonds is 7. The van der Waals surface area contributed by atoms with Crippen molar-refractivity contribution >= 4 is 5.78 Å². The Bertz CT molecular complexity index is 369. The van der Waals surface area contributed by atoms with Crippen molar-refractivity contribution in [2.24, 2.45) is 0 Å². The number of hydrogen-bond donors (Lipinski definition) is 0. The van der Waals surface area contributed by atoms with Crippen LogP contribution in [0.5, 0.6) is 0 Å². The molecule has 0 aromatic heterocycles. The number of carbonyl (C=O) groups is 1. The average molecular weight is 234 g/mol. The van der Waals surface area contributed by atoms with Gasteiger partial charge in [-0.05, 0) is 25.8 Å². The Hall–Kier alpha value is -1.15. The second kappa shape index (κ2) is 7.23. The SMILES string of the molecule is CCCCCOCC(=O)c1ccc(C)cc1C. The Morgan fingerprint density at radius 3 is 2.65 bits per heavy atom. The number of ether oxygens (including phenoxy) is 1. The number of carbonyl (C=O) groups excluding carboxylic acids is 1. The van der Waals surface area contributed by atoms with Gasteiger partial charge in [0.2, 0.25) is 0 Å². The van der Waals surface area contributed by atoms with Crippen molar-refractivity contribution in [3.05, 3.63) is 34.9 Å². The second-order valence-electron chi connectivity index (χ2n) is 4.50. The molecule has 0 N–H and O–H groups in total. The smallest absolute Gasteiger partial charge is 0.188 e. The molecule has 0 atom stereocenters. The lowest BCUT2D eigenvalue weighted by atomic mass is 10.0. The summed E-state index contributed by atoms with van der Waals surface area (Å²) in [6.07, 6.45) is 3.38. The maximum absolute atomic E-state index is 11.9. The number of ketones is 1. The van der Waals surface area contributed by atoms with Crippen LogP contribution in [0, 0.1) is 13.8 Å². The van der Waals surface area contributed by atoms with E-state index in [1.165, 1.54) is 12.0 Å². The zero-order valence-corrected chi connectivity index (χ0v) is 11.1. The molecular formula is C15H22O2. The highest BCUT2D eigenvalue weighted by Gasteiger charge is 2.08. The largest absolute Gasteiger partial charge is 0.373 e. The number of aryl methyl sites for hydroxylation is 2. The van der Waals surface area contributed by atoms with Crippen LogP contribution in [-0.4, -0.2) is 19.0 Å². The van der Waals surface area contributed by atoms with Crippen LogP contribution in [0.3, 0.4) is 0 Å². The summed E-state index contributed by atoms with van der Waals surface area (Å²) in [5.74, 6) is 0.0824. The van der Waals surface area contributed by atoms with Crippen LogP contribution in [0.25, 0.3) is 0 Å². The third-order valence-electron chi connectivity index (χ3n) is 2.81. The average Bonchev–Trinajstić information content (AvgIpc) is 2.28. The predicted octanol–water partition coefficient (Wildman–Crippen LogP) is 3.69. The minimum atomic E-state index is 0.0824. The maximum atomic E-state index is 11.9. The zero-order valence-electron chi connectivity index (χ0n) is 11.1. The summed E-state index contributed by atoms with van der Waals surface area (Å²) >= 11 is 0. The Morgan fingerprint density at radius 1 is 1.24 bits per heavy atom. The molecule has 0 aliphatic carbocycles. The van der Waals surface area contributed by atoms with Gasteiger partial charge in [-0.2, -0.15) is 0 Å². The van der Waals surface area contributed by atoms with Crippen LogP contribution in [0.4, 0.5) is 0 Å². The molecule has 0 spiro atoms. The van der Waals surface area contributed by atoms with Gasteiger partial charge in [-0.3, -0.25) is 4.79 Å². The van der Waals surface area contributed by atoms with E-state index < -0.39 is 0 Å². The van der Waals surface area contributed by atoms with Crippen molar-refractivity contribution in [3.8, 4) is 0 Å². The summed E-state index contributed by atoms with van der Waals surface area (Å²) in [6.45, 7) is 7.04. The van der Waals surface area contributed by atoms with Crippen molar-refractivity contribution < 1.29 is 9.53 Å². The lowest BCUT2D eigenvalue weighted by Crippen LogP contribution is -2.11. The number of hydrogen-bond acceptors (Lipinski definition) is 2. The third kappa shape index (κ3) is 4.70. The monoisotopic (exact) mass is 234 g/mol. The van der Waals surface area contributed by atoms with Crippen LogP contribution in [-0.2, 0) is 4.74 Å². The maximum Gasteiger partial charge on any atom is 0.188 e. The summed E-state index contributed by atoms with van der Waals surface area (Å²) in [7, 11) is 0. The molecule has 0 aliphatic heterocycles. The molecule has 2 nitrogen and oxygen atoms in total. The summed E-state index contributed by atoms with van der Waals surface area (Å²) in [6, 6.07) is 5.89. The molecule has 0 aliphatic rings. The van der Waals surface area contributed by atoms with Crippen molar-refractivity contribution in [2.45, 2.75) is 40.0 Å². The molecule has 0 radical (unpaired) electrons. The van der Waals surface area contributed by atoms with Gasteiger partial charge in [0.25, 0.3) is 0 Å². The molecule has 0 fully saturated rings. The molecule has 0 saturated heterocycles. The number of benzene rings is 1. The van der Waals surface area contributed by atoms with E-state index in [0.717, 1.165) is 24.0 Å². The van der Waals surface area contributed by atoms with Gasteiger partial charge < -0.3 is 4.74 Å². The quantitative estimate of drug-likeness (QED) is 0.531. The Morgan fingerprint density at radius 2 is 2.00 bits per heavy atom. The van der Waals surface area contributed by atoms with Crippen LogP contribution in [0.15, 0.2) is 18.2 Å².